The largest absolute Gasteiger partial charge is 0.274 e. The number of carbonyl (C=O) groups is 1. The molecule has 1 aliphatic carbocycles. The minimum Gasteiger partial charge on any atom is -0.274 e. The topological polar surface area (TPSA) is 51.0 Å². The molecule has 5 nitrogen and oxygen atoms in total. The molecule has 2 aliphatic rings. The smallest absolute Gasteiger partial charge is 0.233 e. The van der Waals surface area contributed by atoms with E-state index in [4.69, 9.17) is 11.6 Å². The van der Waals surface area contributed by atoms with E-state index in [9.17, 15) is 4.79 Å². The number of fused-ring (bicyclic) bond motifs is 1. The molecule has 2 unspecified atom stereocenters. The molecule has 6 heteroatoms. The molecule has 0 bridgehead atoms. The summed E-state index contributed by atoms with van der Waals surface area (Å²) < 4.78 is 1.88. The van der Waals surface area contributed by atoms with Crippen LogP contribution in [0, 0.1) is 5.92 Å². The average molecular weight is 379 g/mol. The lowest BCUT2D eigenvalue weighted by Crippen LogP contribution is -2.43. The van der Waals surface area contributed by atoms with Gasteiger partial charge in [-0.05, 0) is 42.5 Å². The molecular formula is C21H19ClN4O. The number of hydrogen-bond donors (Lipinski definition) is 0. The van der Waals surface area contributed by atoms with Gasteiger partial charge in [-0.3, -0.25) is 9.69 Å². The summed E-state index contributed by atoms with van der Waals surface area (Å²) in [5.74, 6) is 0.910. The van der Waals surface area contributed by atoms with E-state index in [0.717, 1.165) is 30.4 Å². The summed E-state index contributed by atoms with van der Waals surface area (Å²) in [5, 5.41) is 5.16. The van der Waals surface area contributed by atoms with Gasteiger partial charge in [0.05, 0.1) is 12.1 Å². The van der Waals surface area contributed by atoms with Crippen molar-refractivity contribution < 1.29 is 4.79 Å². The molecular weight excluding hydrogens is 360 g/mol. The zero-order valence-electron chi connectivity index (χ0n) is 14.7. The van der Waals surface area contributed by atoms with E-state index in [1.807, 2.05) is 52.0 Å². The molecule has 5 rings (SSSR count). The first-order valence-corrected chi connectivity index (χ1v) is 9.63. The van der Waals surface area contributed by atoms with Gasteiger partial charge in [-0.1, -0.05) is 54.1 Å². The molecule has 3 aromatic rings. The maximum atomic E-state index is 13.1. The van der Waals surface area contributed by atoms with Gasteiger partial charge < -0.3 is 0 Å². The predicted octanol–water partition coefficient (Wildman–Crippen LogP) is 4.41. The Kier molecular flexibility index (Phi) is 3.97. The number of amides is 1. The second kappa shape index (κ2) is 6.50. The SMILES string of the molecule is O=C(C1CC1)N1c2ncnn2C(c2ccc(Cl)cc2)CC1c1ccccc1. The Hall–Kier alpha value is -2.66. The number of aromatic nitrogens is 3. The first-order valence-electron chi connectivity index (χ1n) is 9.25. The summed E-state index contributed by atoms with van der Waals surface area (Å²) in [6, 6.07) is 18.0. The van der Waals surface area contributed by atoms with Crippen molar-refractivity contribution in [2.45, 2.75) is 31.3 Å². The fourth-order valence-electron chi connectivity index (χ4n) is 3.89. The first kappa shape index (κ1) is 16.5. The Morgan fingerprint density at radius 1 is 0.963 bits per heavy atom. The standard InChI is InChI=1S/C21H19ClN4O/c22-17-10-8-15(9-11-17)19-12-18(14-4-2-1-3-5-14)25(20(27)16-6-7-16)21-23-13-24-26(19)21/h1-5,8-11,13,16,18-19H,6-7,12H2. The number of nitrogens with zero attached hydrogens (tertiary/aromatic N) is 4. The highest BCUT2D eigenvalue weighted by atomic mass is 35.5. The van der Waals surface area contributed by atoms with Gasteiger partial charge in [0.15, 0.2) is 0 Å². The summed E-state index contributed by atoms with van der Waals surface area (Å²) in [5.41, 5.74) is 2.24. The molecule has 2 atom stereocenters. The Bertz CT molecular complexity index is 965. The molecule has 0 saturated heterocycles. The van der Waals surface area contributed by atoms with Crippen molar-refractivity contribution in [3.63, 3.8) is 0 Å². The number of halogens is 1. The van der Waals surface area contributed by atoms with E-state index in [-0.39, 0.29) is 23.9 Å². The molecule has 0 radical (unpaired) electrons. The third kappa shape index (κ3) is 2.92. The van der Waals surface area contributed by atoms with E-state index >= 15 is 0 Å². The minimum absolute atomic E-state index is 0.00762. The Balaban J connectivity index is 1.62. The number of hydrogen-bond acceptors (Lipinski definition) is 3. The number of anilines is 1. The number of carbonyl (C=O) groups excluding carboxylic acids is 1. The maximum Gasteiger partial charge on any atom is 0.233 e. The average Bonchev–Trinajstić information content (AvgIpc) is 3.44. The molecule has 27 heavy (non-hydrogen) atoms. The molecule has 1 aliphatic heterocycles. The van der Waals surface area contributed by atoms with Crippen LogP contribution in [0.3, 0.4) is 0 Å². The highest BCUT2D eigenvalue weighted by molar-refractivity contribution is 6.30. The van der Waals surface area contributed by atoms with Crippen LogP contribution in [0.2, 0.25) is 5.02 Å². The van der Waals surface area contributed by atoms with E-state index in [1.165, 1.54) is 0 Å². The van der Waals surface area contributed by atoms with Crippen LogP contribution >= 0.6 is 11.6 Å². The van der Waals surface area contributed by atoms with Gasteiger partial charge >= 0.3 is 0 Å². The fraction of sp³-hybridized carbons (Fsp3) is 0.286. The molecule has 1 amide bonds. The van der Waals surface area contributed by atoms with Crippen LogP contribution < -0.4 is 4.90 Å². The van der Waals surface area contributed by atoms with E-state index in [2.05, 4.69) is 22.2 Å². The number of benzene rings is 2. The van der Waals surface area contributed by atoms with E-state index in [0.29, 0.717) is 11.0 Å². The minimum atomic E-state index is -0.0586. The van der Waals surface area contributed by atoms with Gasteiger partial charge in [-0.2, -0.15) is 10.1 Å². The normalized spacial score (nSPS) is 21.7. The zero-order chi connectivity index (χ0) is 18.4. The molecule has 1 aromatic heterocycles. The summed E-state index contributed by atoms with van der Waals surface area (Å²) in [7, 11) is 0. The lowest BCUT2D eigenvalue weighted by Gasteiger charge is -2.39. The summed E-state index contributed by atoms with van der Waals surface area (Å²) in [6.45, 7) is 0. The van der Waals surface area contributed by atoms with Gasteiger partial charge in [0.2, 0.25) is 11.9 Å². The Morgan fingerprint density at radius 2 is 1.67 bits per heavy atom. The van der Waals surface area contributed by atoms with Crippen LogP contribution in [0.15, 0.2) is 60.9 Å². The van der Waals surface area contributed by atoms with Crippen molar-refractivity contribution >= 4 is 23.5 Å². The van der Waals surface area contributed by atoms with E-state index in [1.54, 1.807) is 6.33 Å². The van der Waals surface area contributed by atoms with Crippen molar-refractivity contribution in [3.8, 4) is 0 Å². The van der Waals surface area contributed by atoms with Gasteiger partial charge in [-0.15, -0.1) is 0 Å². The third-order valence-corrected chi connectivity index (χ3v) is 5.68. The quantitative estimate of drug-likeness (QED) is 0.678. The van der Waals surface area contributed by atoms with E-state index < -0.39 is 0 Å². The summed E-state index contributed by atoms with van der Waals surface area (Å²) in [4.78, 5) is 19.5. The van der Waals surface area contributed by atoms with Crippen LogP contribution in [0.25, 0.3) is 0 Å². The Labute approximate surface area is 162 Å². The van der Waals surface area contributed by atoms with Crippen LogP contribution in [-0.4, -0.2) is 20.7 Å². The molecule has 1 saturated carbocycles. The predicted molar refractivity (Wildman–Crippen MR) is 104 cm³/mol. The summed E-state index contributed by atoms with van der Waals surface area (Å²) >= 11 is 6.07. The lowest BCUT2D eigenvalue weighted by molar-refractivity contribution is -0.120. The van der Waals surface area contributed by atoms with Gasteiger partial charge in [-0.25, -0.2) is 4.68 Å². The highest BCUT2D eigenvalue weighted by Gasteiger charge is 2.44. The van der Waals surface area contributed by atoms with Crippen LogP contribution in [0.5, 0.6) is 0 Å². The van der Waals surface area contributed by atoms with Crippen molar-refractivity contribution in [2.24, 2.45) is 5.92 Å². The van der Waals surface area contributed by atoms with Gasteiger partial charge in [0, 0.05) is 10.9 Å². The molecule has 0 spiro atoms. The van der Waals surface area contributed by atoms with Crippen LogP contribution in [-0.2, 0) is 4.79 Å². The molecule has 1 fully saturated rings. The molecule has 0 N–H and O–H groups in total. The Morgan fingerprint density at radius 3 is 2.37 bits per heavy atom. The van der Waals surface area contributed by atoms with Crippen LogP contribution in [0.4, 0.5) is 5.95 Å². The number of rotatable bonds is 3. The maximum absolute atomic E-state index is 13.1. The second-order valence-electron chi connectivity index (χ2n) is 7.22. The zero-order valence-corrected chi connectivity index (χ0v) is 15.5. The van der Waals surface area contributed by atoms with Gasteiger partial charge in [0.1, 0.15) is 6.33 Å². The molecule has 136 valence electrons. The molecule has 2 aromatic carbocycles. The van der Waals surface area contributed by atoms with Crippen molar-refractivity contribution in [2.75, 3.05) is 4.90 Å². The monoisotopic (exact) mass is 378 g/mol. The molecule has 2 heterocycles. The second-order valence-corrected chi connectivity index (χ2v) is 7.65. The lowest BCUT2D eigenvalue weighted by atomic mass is 9.91. The van der Waals surface area contributed by atoms with Crippen molar-refractivity contribution in [1.29, 1.82) is 0 Å². The van der Waals surface area contributed by atoms with Gasteiger partial charge in [0.25, 0.3) is 0 Å². The first-order chi connectivity index (χ1) is 13.2. The van der Waals surface area contributed by atoms with Crippen molar-refractivity contribution in [1.82, 2.24) is 14.8 Å². The van der Waals surface area contributed by atoms with Crippen LogP contribution in [0.1, 0.15) is 42.5 Å². The third-order valence-electron chi connectivity index (χ3n) is 5.43. The fourth-order valence-corrected chi connectivity index (χ4v) is 4.02. The van der Waals surface area contributed by atoms with Crippen molar-refractivity contribution in [3.05, 3.63) is 77.1 Å². The summed E-state index contributed by atoms with van der Waals surface area (Å²) in [6.07, 6.45) is 4.22. The highest BCUT2D eigenvalue weighted by Crippen LogP contribution is 2.44.